The fourth-order valence-electron chi connectivity index (χ4n) is 8.99. The number of hydrogen-bond acceptors (Lipinski definition) is 10. The van der Waals surface area contributed by atoms with E-state index in [1.165, 1.54) is 79.2 Å². The summed E-state index contributed by atoms with van der Waals surface area (Å²) in [6, 6.07) is 22.8. The molecule has 19 heteroatoms. The lowest BCUT2D eigenvalue weighted by molar-refractivity contribution is 0.564. The largest absolute Gasteiger partial charge is 0.340 e. The summed E-state index contributed by atoms with van der Waals surface area (Å²) in [6.07, 6.45) is 23.0. The van der Waals surface area contributed by atoms with E-state index in [1.54, 1.807) is 61.9 Å². The molecule has 57 heavy (non-hydrogen) atoms. The van der Waals surface area contributed by atoms with Crippen LogP contribution in [0.5, 0.6) is 0 Å². The zero-order valence-corrected chi connectivity index (χ0v) is 45.1. The average molecular weight is 922 g/mol. The van der Waals surface area contributed by atoms with Crippen LogP contribution in [0.1, 0.15) is 44.9 Å². The average Bonchev–Trinajstić information content (AvgIpc) is 3.00. The molecule has 7 fully saturated rings. The van der Waals surface area contributed by atoms with Gasteiger partial charge in [0.15, 0.2) is 16.5 Å². The Morgan fingerprint density at radius 3 is 1.12 bits per heavy atom. The summed E-state index contributed by atoms with van der Waals surface area (Å²) in [5.74, 6) is 0. The minimum Gasteiger partial charge on any atom is -0.340 e. The van der Waals surface area contributed by atoms with Crippen LogP contribution in [0.2, 0.25) is 133 Å². The van der Waals surface area contributed by atoms with Gasteiger partial charge in [-0.2, -0.15) is 0 Å². The molecule has 0 aromatic heterocycles. The van der Waals surface area contributed by atoms with Gasteiger partial charge < -0.3 is 37.2 Å². The molecule has 15 aliphatic heterocycles. The third-order valence-corrected chi connectivity index (χ3v) is 45.9. The maximum absolute atomic E-state index is 4.42. The number of rotatable bonds is 0. The van der Waals surface area contributed by atoms with Crippen molar-refractivity contribution in [2.45, 2.75) is 178 Å². The molecule has 15 rings (SSSR count). The zero-order chi connectivity index (χ0) is 39.9. The Morgan fingerprint density at radius 2 is 1.12 bits per heavy atom. The number of hydrogen-bond donors (Lipinski definition) is 0. The SMILES string of the molecule is C1=N[Si]2(C1)CC=N2.C1=N[Si]2(C1)CCC2.C1C[Si]2(C1)CCC2.C1N=[Si]=N1.CN=[Si]1CCC1.C[Si]12CCC1C=N2.C[Si]12CCC1CC2.C[Si]12N=CC1C=N2.C[Si]1=NCC1. The van der Waals surface area contributed by atoms with E-state index in [2.05, 4.69) is 85.1 Å². The van der Waals surface area contributed by atoms with Gasteiger partial charge in [0, 0.05) is 31.2 Å². The molecule has 0 aliphatic carbocycles. The van der Waals surface area contributed by atoms with Crippen molar-refractivity contribution in [2.75, 3.05) is 20.3 Å². The fourth-order valence-corrected chi connectivity index (χ4v) is 26.5. The van der Waals surface area contributed by atoms with Crippen LogP contribution >= 0.6 is 0 Å². The highest BCUT2D eigenvalue weighted by molar-refractivity contribution is 6.92. The third kappa shape index (κ3) is 11.0. The molecular weight excluding hydrogens is 849 g/mol. The summed E-state index contributed by atoms with van der Waals surface area (Å²) in [5, 5.41) is 0. The summed E-state index contributed by atoms with van der Waals surface area (Å²) in [4.78, 5) is 0. The first-order valence-electron chi connectivity index (χ1n) is 22.8. The summed E-state index contributed by atoms with van der Waals surface area (Å²) < 4.78 is 41.5. The first-order chi connectivity index (χ1) is 27.5. The van der Waals surface area contributed by atoms with Crippen LogP contribution in [0.3, 0.4) is 0 Å². The molecule has 0 aromatic rings. The standard InChI is InChI=1S/2C6H12Si.2C5H9NSi.2C4H6N2Si.C4H9NSi.C3H7NSi.CH2N2Si/c1-7-4-2-6(7)3-5-7;1-3-7(4-1)5-2-6-7;1-7-3-2-5(7)4-6-7;1-3-7(4-1)5-2-6-7;1-7-4(2-5-7)3-6-7;1-3-7(5-1)4-2-6-7;1-5-6-3-2-4-6;1-5-3-2-4-5;1-2-4-3-1/h6H,2-5H2,1H3;1-6H2;4-5H,2-3H2,1H3;2H,1,3-5H2;2-4H,1H3;1-2H,3-4H2;2-4H2,1H3;2-3H2,1H3;1H2. The van der Waals surface area contributed by atoms with Gasteiger partial charge in [-0.1, -0.05) is 74.9 Å². The molecule has 0 aromatic carbocycles. The molecule has 310 valence electrons. The minimum atomic E-state index is -1.23. The molecule has 7 saturated heterocycles. The fraction of sp³-hybridized carbons (Fsp3) is 0.842. The highest BCUT2D eigenvalue weighted by Crippen LogP contribution is 2.57. The van der Waals surface area contributed by atoms with E-state index >= 15 is 0 Å². The van der Waals surface area contributed by atoms with Crippen LogP contribution in [-0.4, -0.2) is 133 Å². The summed E-state index contributed by atoms with van der Waals surface area (Å²) in [5.41, 5.74) is 3.02. The minimum absolute atomic E-state index is 0.0628. The van der Waals surface area contributed by atoms with E-state index in [9.17, 15) is 0 Å². The van der Waals surface area contributed by atoms with Gasteiger partial charge >= 0.3 is 16.8 Å². The summed E-state index contributed by atoms with van der Waals surface area (Å²) >= 11 is 0. The zero-order valence-electron chi connectivity index (χ0n) is 36.1. The molecule has 2 atom stereocenters. The van der Waals surface area contributed by atoms with Crippen molar-refractivity contribution in [3.8, 4) is 0 Å². The van der Waals surface area contributed by atoms with Crippen molar-refractivity contribution in [2.24, 2.45) is 46.5 Å². The van der Waals surface area contributed by atoms with Gasteiger partial charge in [-0.05, 0) is 118 Å². The second-order valence-electron chi connectivity index (χ2n) is 19.8. The van der Waals surface area contributed by atoms with Crippen LogP contribution in [0.4, 0.5) is 0 Å². The van der Waals surface area contributed by atoms with E-state index in [1.807, 2.05) is 31.9 Å². The van der Waals surface area contributed by atoms with E-state index in [0.29, 0.717) is 14.6 Å². The van der Waals surface area contributed by atoms with Crippen LogP contribution in [0.25, 0.3) is 0 Å². The third-order valence-electron chi connectivity index (χ3n) is 15.9. The molecule has 0 amide bonds. The van der Waals surface area contributed by atoms with Gasteiger partial charge in [0.1, 0.15) is 23.8 Å². The molecule has 15 heterocycles. The topological polar surface area (TPSA) is 124 Å². The molecule has 0 N–H and O–H groups in total. The molecule has 0 radical (unpaired) electrons. The van der Waals surface area contributed by atoms with Gasteiger partial charge in [-0.25, -0.2) is 9.27 Å². The summed E-state index contributed by atoms with van der Waals surface area (Å²) in [7, 11) is -2.18. The molecule has 15 aliphatic rings. The second kappa shape index (κ2) is 19.5. The van der Waals surface area contributed by atoms with Crippen molar-refractivity contribution < 1.29 is 0 Å². The normalized spacial score (nSPS) is 37.0. The van der Waals surface area contributed by atoms with Crippen LogP contribution in [0.15, 0.2) is 46.5 Å². The molecule has 10 nitrogen and oxygen atoms in total. The van der Waals surface area contributed by atoms with Crippen molar-refractivity contribution in [3.63, 3.8) is 0 Å². The van der Waals surface area contributed by atoms with Crippen molar-refractivity contribution in [3.05, 3.63) is 0 Å². The van der Waals surface area contributed by atoms with Gasteiger partial charge in [-0.3, -0.25) is 0 Å². The van der Waals surface area contributed by atoms with E-state index in [4.69, 9.17) is 0 Å². The smallest absolute Gasteiger partial charge is 0.311 e. The highest BCUT2D eigenvalue weighted by atomic mass is 28.4. The Balaban J connectivity index is 0.0000000984. The Hall–Kier alpha value is -0.828. The van der Waals surface area contributed by atoms with Crippen LogP contribution < -0.4 is 0 Å². The highest BCUT2D eigenvalue weighted by Gasteiger charge is 2.51. The van der Waals surface area contributed by atoms with Gasteiger partial charge in [0.05, 0.1) is 21.7 Å². The second-order valence-corrected chi connectivity index (χ2v) is 50.6. The Labute approximate surface area is 356 Å². The molecule has 3 spiro atoms. The van der Waals surface area contributed by atoms with Gasteiger partial charge in [-0.15, -0.1) is 0 Å². The van der Waals surface area contributed by atoms with E-state index < -0.39 is 33.3 Å². The quantitative estimate of drug-likeness (QED) is 0.215. The summed E-state index contributed by atoms with van der Waals surface area (Å²) in [6.45, 7) is 11.3. The van der Waals surface area contributed by atoms with Crippen LogP contribution in [0, 0.1) is 0 Å². The predicted octanol–water partition coefficient (Wildman–Crippen LogP) is 10.7. The Kier molecular flexibility index (Phi) is 15.1. The Morgan fingerprint density at radius 1 is 0.649 bits per heavy atom. The first-order valence-corrected chi connectivity index (χ1v) is 43.6. The van der Waals surface area contributed by atoms with E-state index in [-0.39, 0.29) is 33.3 Å². The Bertz CT molecular complexity index is 1670. The predicted molar refractivity (Wildman–Crippen MR) is 267 cm³/mol. The number of nitrogens with zero attached hydrogens (tertiary/aromatic N) is 10. The van der Waals surface area contributed by atoms with Crippen LogP contribution in [-0.2, 0) is 0 Å². The van der Waals surface area contributed by atoms with Crippen molar-refractivity contribution in [1.82, 2.24) is 0 Å². The lowest BCUT2D eigenvalue weighted by Crippen LogP contribution is -2.52. The number of fused-ring (bicyclic) bond motifs is 3. The van der Waals surface area contributed by atoms with Crippen molar-refractivity contribution >= 4 is 113 Å². The van der Waals surface area contributed by atoms with Crippen molar-refractivity contribution in [1.29, 1.82) is 0 Å². The van der Waals surface area contributed by atoms with Gasteiger partial charge in [0.2, 0.25) is 9.10 Å². The lowest BCUT2D eigenvalue weighted by atomic mass is 10.2. The molecular formula is C38H72N10Si9. The molecule has 0 saturated carbocycles. The monoisotopic (exact) mass is 920 g/mol. The maximum atomic E-state index is 4.42. The first kappa shape index (κ1) is 44.2. The lowest BCUT2D eigenvalue weighted by Gasteiger charge is -2.55. The maximum Gasteiger partial charge on any atom is 0.311 e. The van der Waals surface area contributed by atoms with Gasteiger partial charge in [0.25, 0.3) is 0 Å². The molecule has 2 unspecified atom stereocenters. The molecule has 0 bridgehead atoms. The van der Waals surface area contributed by atoms with E-state index in [0.717, 1.165) is 18.8 Å².